The molecule has 0 amide bonds. The average molecular weight is 320 g/mol. The molecular formula is C15H20N4O2S. The van der Waals surface area contributed by atoms with Crippen LogP contribution in [0.2, 0.25) is 0 Å². The van der Waals surface area contributed by atoms with Gasteiger partial charge in [-0.1, -0.05) is 35.0 Å². The third-order valence-electron chi connectivity index (χ3n) is 3.74. The quantitative estimate of drug-likeness (QED) is 0.398. The molecule has 22 heavy (non-hydrogen) atoms. The topological polar surface area (TPSA) is 94.9 Å². The van der Waals surface area contributed by atoms with Crippen molar-refractivity contribution in [1.82, 2.24) is 4.72 Å². The lowest BCUT2D eigenvalue weighted by Gasteiger charge is -2.25. The van der Waals surface area contributed by atoms with E-state index in [1.807, 2.05) is 19.1 Å². The molecule has 0 heterocycles. The molecule has 0 fully saturated rings. The van der Waals surface area contributed by atoms with Gasteiger partial charge in [0.1, 0.15) is 0 Å². The van der Waals surface area contributed by atoms with E-state index in [1.165, 1.54) is 0 Å². The Bertz CT molecular complexity index is 676. The summed E-state index contributed by atoms with van der Waals surface area (Å²) in [6, 6.07) is 5.95. The van der Waals surface area contributed by atoms with Crippen molar-refractivity contribution in [3.05, 3.63) is 52.4 Å². The zero-order chi connectivity index (χ0) is 16.0. The lowest BCUT2D eigenvalue weighted by Crippen LogP contribution is -2.42. The highest BCUT2D eigenvalue weighted by molar-refractivity contribution is 7.89. The molecule has 0 aromatic heterocycles. The van der Waals surface area contributed by atoms with Crippen molar-refractivity contribution in [2.75, 3.05) is 0 Å². The number of rotatable bonds is 4. The number of hydrogen-bond acceptors (Lipinski definition) is 3. The number of benzene rings is 1. The van der Waals surface area contributed by atoms with Crippen LogP contribution in [0.4, 0.5) is 0 Å². The summed E-state index contributed by atoms with van der Waals surface area (Å²) in [5, 5.41) is 3.78. The molecule has 7 heteroatoms. The van der Waals surface area contributed by atoms with Gasteiger partial charge in [-0.3, -0.25) is 0 Å². The van der Waals surface area contributed by atoms with Crippen LogP contribution in [0.3, 0.4) is 0 Å². The highest BCUT2D eigenvalue weighted by Crippen LogP contribution is 2.19. The second-order valence-corrected chi connectivity index (χ2v) is 7.15. The Balaban J connectivity index is 2.22. The van der Waals surface area contributed by atoms with Crippen LogP contribution in [0.15, 0.2) is 46.4 Å². The highest BCUT2D eigenvalue weighted by atomic mass is 32.2. The molecule has 1 aliphatic rings. The Labute approximate surface area is 130 Å². The Morgan fingerprint density at radius 1 is 1.18 bits per heavy atom. The zero-order valence-electron chi connectivity index (χ0n) is 12.5. The molecule has 0 spiro atoms. The number of nitrogens with one attached hydrogen (secondary N) is 1. The maximum absolute atomic E-state index is 12.5. The molecule has 2 atom stereocenters. The Kier molecular flexibility index (Phi) is 5.60. The second-order valence-electron chi connectivity index (χ2n) is 5.44. The molecule has 2 rings (SSSR count). The van der Waals surface area contributed by atoms with Gasteiger partial charge < -0.3 is 0 Å². The van der Waals surface area contributed by atoms with Gasteiger partial charge >= 0.3 is 0 Å². The minimum Gasteiger partial charge on any atom is -0.208 e. The Morgan fingerprint density at radius 3 is 2.45 bits per heavy atom. The van der Waals surface area contributed by atoms with Crippen LogP contribution >= 0.6 is 0 Å². The Hall–Kier alpha value is -1.82. The second kappa shape index (κ2) is 7.45. The van der Waals surface area contributed by atoms with Gasteiger partial charge in [-0.2, -0.15) is 0 Å². The first-order valence-corrected chi connectivity index (χ1v) is 8.79. The lowest BCUT2D eigenvalue weighted by molar-refractivity contribution is 0.431. The first kappa shape index (κ1) is 16.5. The molecule has 0 aliphatic heterocycles. The van der Waals surface area contributed by atoms with Gasteiger partial charge in [0.25, 0.3) is 0 Å². The minimum absolute atomic E-state index is 0.232. The SMILES string of the molecule is Cc1ccc(S(=O)(=O)N[C@@H]2CC/C=C\CC[C@@H]2N=[N+]=[N-])cc1. The largest absolute Gasteiger partial charge is 0.240 e. The summed E-state index contributed by atoms with van der Waals surface area (Å²) in [4.78, 5) is 3.09. The summed E-state index contributed by atoms with van der Waals surface area (Å²) in [5.41, 5.74) is 9.71. The molecular weight excluding hydrogens is 300 g/mol. The normalized spacial score (nSPS) is 23.9. The molecule has 0 saturated carbocycles. The van der Waals surface area contributed by atoms with Crippen LogP contribution < -0.4 is 4.72 Å². The van der Waals surface area contributed by atoms with E-state index in [9.17, 15) is 8.42 Å². The number of sulfonamides is 1. The third-order valence-corrected chi connectivity index (χ3v) is 5.25. The molecule has 118 valence electrons. The van der Waals surface area contributed by atoms with Crippen LogP contribution in [0, 0.1) is 6.92 Å². The molecule has 0 unspecified atom stereocenters. The molecule has 0 saturated heterocycles. The van der Waals surface area contributed by atoms with E-state index in [2.05, 4.69) is 14.7 Å². The summed E-state index contributed by atoms with van der Waals surface area (Å²) in [5.74, 6) is 0. The summed E-state index contributed by atoms with van der Waals surface area (Å²) in [6.45, 7) is 1.91. The summed E-state index contributed by atoms with van der Waals surface area (Å²) >= 11 is 0. The average Bonchev–Trinajstić information content (AvgIpc) is 2.46. The van der Waals surface area contributed by atoms with Crippen molar-refractivity contribution >= 4 is 10.0 Å². The maximum Gasteiger partial charge on any atom is 0.240 e. The van der Waals surface area contributed by atoms with Crippen molar-refractivity contribution in [3.8, 4) is 0 Å². The van der Waals surface area contributed by atoms with E-state index in [0.29, 0.717) is 12.8 Å². The van der Waals surface area contributed by atoms with Crippen LogP contribution in [-0.4, -0.2) is 20.5 Å². The fourth-order valence-electron chi connectivity index (χ4n) is 2.50. The minimum atomic E-state index is -3.61. The molecule has 1 N–H and O–H groups in total. The smallest absolute Gasteiger partial charge is 0.208 e. The Morgan fingerprint density at radius 2 is 1.82 bits per heavy atom. The van der Waals surface area contributed by atoms with Crippen molar-refractivity contribution < 1.29 is 8.42 Å². The lowest BCUT2D eigenvalue weighted by atomic mass is 9.97. The van der Waals surface area contributed by atoms with Crippen LogP contribution in [0.1, 0.15) is 31.2 Å². The van der Waals surface area contributed by atoms with E-state index in [1.54, 1.807) is 24.3 Å². The van der Waals surface area contributed by atoms with Crippen LogP contribution in [0.5, 0.6) is 0 Å². The number of aryl methyl sites for hydroxylation is 1. The highest BCUT2D eigenvalue weighted by Gasteiger charge is 2.26. The monoisotopic (exact) mass is 320 g/mol. The van der Waals surface area contributed by atoms with Crippen molar-refractivity contribution in [2.45, 2.75) is 49.6 Å². The third kappa shape index (κ3) is 4.34. The van der Waals surface area contributed by atoms with Crippen molar-refractivity contribution in [2.24, 2.45) is 5.11 Å². The predicted octanol–water partition coefficient (Wildman–Crippen LogP) is 3.45. The fourth-order valence-corrected chi connectivity index (χ4v) is 3.80. The van der Waals surface area contributed by atoms with Crippen molar-refractivity contribution in [1.29, 1.82) is 0 Å². The van der Waals surface area contributed by atoms with Gasteiger partial charge in [-0.25, -0.2) is 13.1 Å². The summed E-state index contributed by atoms with van der Waals surface area (Å²) < 4.78 is 27.7. The standard InChI is InChI=1S/C15H20N4O2S/c1-12-8-10-13(11-9-12)22(20,21)18-15-7-5-3-2-4-6-14(15)17-19-16/h2-3,8-11,14-15,18H,4-7H2,1H3/b3-2-/t14-,15+/m0/s1. The predicted molar refractivity (Wildman–Crippen MR) is 85.8 cm³/mol. The van der Waals surface area contributed by atoms with Crippen LogP contribution in [0.25, 0.3) is 10.4 Å². The molecule has 0 bridgehead atoms. The van der Waals surface area contributed by atoms with E-state index >= 15 is 0 Å². The first-order valence-electron chi connectivity index (χ1n) is 7.31. The zero-order valence-corrected chi connectivity index (χ0v) is 13.3. The molecule has 1 aromatic rings. The van der Waals surface area contributed by atoms with E-state index in [0.717, 1.165) is 18.4 Å². The number of nitrogens with zero attached hydrogens (tertiary/aromatic N) is 3. The van der Waals surface area contributed by atoms with E-state index < -0.39 is 10.0 Å². The van der Waals surface area contributed by atoms with Gasteiger partial charge in [0.15, 0.2) is 0 Å². The fraction of sp³-hybridized carbons (Fsp3) is 0.467. The maximum atomic E-state index is 12.5. The van der Waals surface area contributed by atoms with Gasteiger partial charge in [0.2, 0.25) is 10.0 Å². The van der Waals surface area contributed by atoms with Gasteiger partial charge in [-0.05, 0) is 50.3 Å². The molecule has 6 nitrogen and oxygen atoms in total. The summed E-state index contributed by atoms with van der Waals surface area (Å²) in [7, 11) is -3.61. The molecule has 0 radical (unpaired) electrons. The first-order chi connectivity index (χ1) is 10.5. The van der Waals surface area contributed by atoms with E-state index in [-0.39, 0.29) is 17.0 Å². The van der Waals surface area contributed by atoms with Crippen LogP contribution in [-0.2, 0) is 10.0 Å². The number of allylic oxidation sites excluding steroid dienone is 2. The van der Waals surface area contributed by atoms with Gasteiger partial charge in [0.05, 0.1) is 10.9 Å². The molecule has 1 aromatic carbocycles. The van der Waals surface area contributed by atoms with Gasteiger partial charge in [-0.15, -0.1) is 0 Å². The number of azide groups is 1. The van der Waals surface area contributed by atoms with Crippen molar-refractivity contribution in [3.63, 3.8) is 0 Å². The van der Waals surface area contributed by atoms with Gasteiger partial charge in [0, 0.05) is 11.0 Å². The van der Waals surface area contributed by atoms with E-state index in [4.69, 9.17) is 5.53 Å². The molecule has 1 aliphatic carbocycles. The summed E-state index contributed by atoms with van der Waals surface area (Å²) in [6.07, 6.45) is 6.89. The number of hydrogen-bond donors (Lipinski definition) is 1.